The summed E-state index contributed by atoms with van der Waals surface area (Å²) in [5.41, 5.74) is 0.124. The zero-order chi connectivity index (χ0) is 16.4. The van der Waals surface area contributed by atoms with Crippen molar-refractivity contribution in [2.45, 2.75) is 7.43 Å². The Hall–Kier alpha value is -3.48. The normalized spacial score (nSPS) is 10.0. The van der Waals surface area contributed by atoms with Crippen molar-refractivity contribution in [1.82, 2.24) is 4.98 Å². The molecule has 0 aliphatic rings. The highest BCUT2D eigenvalue weighted by Gasteiger charge is 2.19. The van der Waals surface area contributed by atoms with Crippen LogP contribution < -0.4 is 5.32 Å². The highest BCUT2D eigenvalue weighted by Crippen LogP contribution is 2.29. The minimum absolute atomic E-state index is 0. The predicted octanol–water partition coefficient (Wildman–Crippen LogP) is 3.74. The van der Waals surface area contributed by atoms with Crippen molar-refractivity contribution in [3.63, 3.8) is 0 Å². The Morgan fingerprint density at radius 1 is 1.12 bits per heavy atom. The number of carbonyl (C=O) groups excluding carboxylic acids is 1. The van der Waals surface area contributed by atoms with E-state index in [1.807, 2.05) is 0 Å². The Bertz CT molecular complexity index is 925. The molecule has 3 rings (SSSR count). The molecule has 0 aliphatic carbocycles. The second kappa shape index (κ2) is 6.74. The fraction of sp³-hybridized carbons (Fsp3) is 0.0588. The third kappa shape index (κ3) is 3.00. The molecule has 0 spiro atoms. The number of aromatic nitrogens is 1. The summed E-state index contributed by atoms with van der Waals surface area (Å²) in [6, 6.07) is 12.4. The summed E-state index contributed by atoms with van der Waals surface area (Å²) in [5.74, 6) is -0.913. The van der Waals surface area contributed by atoms with Gasteiger partial charge in [-0.25, -0.2) is 0 Å². The van der Waals surface area contributed by atoms with Crippen LogP contribution in [0.3, 0.4) is 0 Å². The number of rotatable bonds is 3. The van der Waals surface area contributed by atoms with Gasteiger partial charge >= 0.3 is 0 Å². The van der Waals surface area contributed by atoms with Crippen LogP contribution in [0.25, 0.3) is 10.9 Å². The molecule has 24 heavy (non-hydrogen) atoms. The minimum atomic E-state index is -0.649. The molecule has 7 heteroatoms. The standard InChI is InChI=1S/C16H11N3O4.CH4/c20-15-11(8-7-10-4-3-9-17-14(10)15)16(21)18-12-5-1-2-6-13(12)19(22)23;/h1-9,20H,(H,18,21);1H4. The van der Waals surface area contributed by atoms with Gasteiger partial charge in [-0.2, -0.15) is 0 Å². The first-order valence-electron chi connectivity index (χ1n) is 6.69. The van der Waals surface area contributed by atoms with Gasteiger partial charge in [0.25, 0.3) is 11.6 Å². The molecule has 0 radical (unpaired) electrons. The number of nitrogens with zero attached hydrogens (tertiary/aromatic N) is 2. The second-order valence-corrected chi connectivity index (χ2v) is 4.77. The third-order valence-corrected chi connectivity index (χ3v) is 3.34. The zero-order valence-electron chi connectivity index (χ0n) is 11.8. The monoisotopic (exact) mass is 325 g/mol. The lowest BCUT2D eigenvalue weighted by molar-refractivity contribution is -0.383. The SMILES string of the molecule is C.O=C(Nc1ccccc1[N+](=O)[O-])c1ccc2cccnc2c1O. The molecule has 0 unspecified atom stereocenters. The van der Waals surface area contributed by atoms with Gasteiger partial charge in [-0.05, 0) is 18.2 Å². The van der Waals surface area contributed by atoms with Gasteiger partial charge in [-0.3, -0.25) is 19.9 Å². The van der Waals surface area contributed by atoms with E-state index in [4.69, 9.17) is 0 Å². The summed E-state index contributed by atoms with van der Waals surface area (Å²) in [6.45, 7) is 0. The highest BCUT2D eigenvalue weighted by molar-refractivity contribution is 6.10. The maximum absolute atomic E-state index is 12.3. The lowest BCUT2D eigenvalue weighted by Gasteiger charge is -2.08. The van der Waals surface area contributed by atoms with Crippen LogP contribution >= 0.6 is 0 Å². The van der Waals surface area contributed by atoms with Crippen LogP contribution in [0.2, 0.25) is 0 Å². The molecule has 2 aromatic carbocycles. The Morgan fingerprint density at radius 2 is 1.88 bits per heavy atom. The first-order valence-corrected chi connectivity index (χ1v) is 6.69. The Morgan fingerprint density at radius 3 is 2.62 bits per heavy atom. The average molecular weight is 325 g/mol. The lowest BCUT2D eigenvalue weighted by Crippen LogP contribution is -2.13. The number of pyridine rings is 1. The van der Waals surface area contributed by atoms with Crippen molar-refractivity contribution in [2.24, 2.45) is 0 Å². The molecule has 7 nitrogen and oxygen atoms in total. The van der Waals surface area contributed by atoms with Gasteiger partial charge in [0.2, 0.25) is 0 Å². The molecule has 0 atom stereocenters. The number of hydrogen-bond donors (Lipinski definition) is 2. The van der Waals surface area contributed by atoms with E-state index in [1.54, 1.807) is 24.3 Å². The number of aromatic hydroxyl groups is 1. The van der Waals surface area contributed by atoms with Gasteiger partial charge in [-0.1, -0.05) is 31.7 Å². The Kier molecular flexibility index (Phi) is 4.74. The summed E-state index contributed by atoms with van der Waals surface area (Å²) >= 11 is 0. The van der Waals surface area contributed by atoms with E-state index in [1.165, 1.54) is 30.5 Å². The van der Waals surface area contributed by atoms with E-state index >= 15 is 0 Å². The first-order chi connectivity index (χ1) is 11.1. The zero-order valence-corrected chi connectivity index (χ0v) is 11.8. The molecule has 1 heterocycles. The van der Waals surface area contributed by atoms with Crippen molar-refractivity contribution < 1.29 is 14.8 Å². The van der Waals surface area contributed by atoms with Crippen molar-refractivity contribution in [1.29, 1.82) is 0 Å². The summed E-state index contributed by atoms with van der Waals surface area (Å²) in [5, 5.41) is 24.3. The average Bonchev–Trinajstić information content (AvgIpc) is 2.55. The lowest BCUT2D eigenvalue weighted by atomic mass is 10.1. The van der Waals surface area contributed by atoms with Gasteiger partial charge in [0.15, 0.2) is 5.75 Å². The molecule has 0 saturated heterocycles. The Labute approximate surface area is 137 Å². The molecule has 0 aliphatic heterocycles. The Balaban J connectivity index is 0.00000208. The van der Waals surface area contributed by atoms with E-state index in [0.29, 0.717) is 10.9 Å². The van der Waals surface area contributed by atoms with E-state index < -0.39 is 10.8 Å². The number of phenols is 1. The third-order valence-electron chi connectivity index (χ3n) is 3.34. The topological polar surface area (TPSA) is 105 Å². The fourth-order valence-corrected chi connectivity index (χ4v) is 2.24. The van der Waals surface area contributed by atoms with Crippen LogP contribution in [0.4, 0.5) is 11.4 Å². The predicted molar refractivity (Wildman–Crippen MR) is 91.2 cm³/mol. The van der Waals surface area contributed by atoms with Gasteiger partial charge in [-0.15, -0.1) is 0 Å². The quantitative estimate of drug-likeness (QED) is 0.563. The first kappa shape index (κ1) is 16.9. The number of amides is 1. The van der Waals surface area contributed by atoms with Gasteiger partial charge in [0.1, 0.15) is 11.2 Å². The number of phenolic OH excluding ortho intramolecular Hbond substituents is 1. The number of fused-ring (bicyclic) bond motifs is 1. The van der Waals surface area contributed by atoms with Crippen LogP contribution in [0, 0.1) is 10.1 Å². The maximum Gasteiger partial charge on any atom is 0.292 e. The van der Waals surface area contributed by atoms with E-state index in [-0.39, 0.29) is 30.1 Å². The minimum Gasteiger partial charge on any atom is -0.505 e. The number of nitro groups is 1. The fourth-order valence-electron chi connectivity index (χ4n) is 2.24. The van der Waals surface area contributed by atoms with E-state index in [2.05, 4.69) is 10.3 Å². The molecule has 1 amide bonds. The van der Waals surface area contributed by atoms with Crippen LogP contribution in [-0.4, -0.2) is 20.9 Å². The number of nitrogens with one attached hydrogen (secondary N) is 1. The highest BCUT2D eigenvalue weighted by atomic mass is 16.6. The summed E-state index contributed by atoms with van der Waals surface area (Å²) < 4.78 is 0. The van der Waals surface area contributed by atoms with E-state index in [0.717, 1.165) is 0 Å². The molecular formula is C17H15N3O4. The van der Waals surface area contributed by atoms with Gasteiger partial charge in [0, 0.05) is 17.6 Å². The molecule has 2 N–H and O–H groups in total. The smallest absolute Gasteiger partial charge is 0.292 e. The number of anilines is 1. The molecule has 1 aromatic heterocycles. The number of hydrogen-bond acceptors (Lipinski definition) is 5. The van der Waals surface area contributed by atoms with Gasteiger partial charge < -0.3 is 10.4 Å². The van der Waals surface area contributed by atoms with Crippen LogP contribution in [-0.2, 0) is 0 Å². The van der Waals surface area contributed by atoms with E-state index in [9.17, 15) is 20.0 Å². The maximum atomic E-state index is 12.3. The number of nitro benzene ring substituents is 1. The van der Waals surface area contributed by atoms with Crippen molar-refractivity contribution in [2.75, 3.05) is 5.32 Å². The van der Waals surface area contributed by atoms with Crippen molar-refractivity contribution >= 4 is 28.2 Å². The number of benzene rings is 2. The van der Waals surface area contributed by atoms with Gasteiger partial charge in [0.05, 0.1) is 10.5 Å². The van der Waals surface area contributed by atoms with Crippen LogP contribution in [0.1, 0.15) is 17.8 Å². The molecular weight excluding hydrogens is 310 g/mol. The van der Waals surface area contributed by atoms with Crippen LogP contribution in [0.15, 0.2) is 54.7 Å². The summed E-state index contributed by atoms with van der Waals surface area (Å²) in [4.78, 5) is 26.8. The molecule has 0 fully saturated rings. The number of para-hydroxylation sites is 2. The van der Waals surface area contributed by atoms with Crippen molar-refractivity contribution in [3.8, 4) is 5.75 Å². The molecule has 122 valence electrons. The van der Waals surface area contributed by atoms with Crippen molar-refractivity contribution in [3.05, 3.63) is 70.4 Å². The summed E-state index contributed by atoms with van der Waals surface area (Å²) in [6.07, 6.45) is 1.51. The molecule has 0 saturated carbocycles. The molecule has 3 aromatic rings. The second-order valence-electron chi connectivity index (χ2n) is 4.77. The largest absolute Gasteiger partial charge is 0.505 e. The molecule has 0 bridgehead atoms. The number of carbonyl (C=O) groups is 1. The van der Waals surface area contributed by atoms with Crippen LogP contribution in [0.5, 0.6) is 5.75 Å². The summed E-state index contributed by atoms with van der Waals surface area (Å²) in [7, 11) is 0.